The number of methoxy groups -OCH3 is 1. The van der Waals surface area contributed by atoms with E-state index in [1.54, 1.807) is 18.2 Å². The van der Waals surface area contributed by atoms with Crippen LogP contribution in [0.15, 0.2) is 47.0 Å². The third-order valence-electron chi connectivity index (χ3n) is 3.52. The Hall–Kier alpha value is -3.27. The van der Waals surface area contributed by atoms with Crippen LogP contribution < -0.4 is 4.74 Å². The molecule has 0 saturated heterocycles. The summed E-state index contributed by atoms with van der Waals surface area (Å²) in [5.74, 6) is 0.918. The van der Waals surface area contributed by atoms with Crippen LogP contribution in [0.2, 0.25) is 0 Å². The highest BCUT2D eigenvalue weighted by atomic mass is 19.4. The molecule has 0 amide bonds. The van der Waals surface area contributed by atoms with Crippen molar-refractivity contribution in [3.8, 4) is 11.8 Å². The summed E-state index contributed by atoms with van der Waals surface area (Å²) in [5.41, 5.74) is -0.134. The zero-order valence-electron chi connectivity index (χ0n) is 13.0. The Bertz CT molecular complexity index is 980. The Labute approximate surface area is 140 Å². The van der Waals surface area contributed by atoms with Crippen LogP contribution in [0.5, 0.6) is 5.75 Å². The molecule has 0 aliphatic heterocycles. The molecule has 0 radical (unpaired) electrons. The number of nitrogens with zero attached hydrogens (tertiary/aromatic N) is 2. The van der Waals surface area contributed by atoms with E-state index in [1.165, 1.54) is 13.2 Å². The lowest BCUT2D eigenvalue weighted by Crippen LogP contribution is -2.05. The lowest BCUT2D eigenvalue weighted by molar-refractivity contribution is -0.137. The summed E-state index contributed by atoms with van der Waals surface area (Å²) in [6.45, 7) is 0. The molecule has 4 nitrogen and oxygen atoms in total. The van der Waals surface area contributed by atoms with Crippen LogP contribution in [-0.2, 0) is 6.18 Å². The maximum atomic E-state index is 12.6. The highest BCUT2D eigenvalue weighted by Gasteiger charge is 2.30. The Morgan fingerprint density at radius 1 is 1.28 bits per heavy atom. The van der Waals surface area contributed by atoms with E-state index in [0.717, 1.165) is 17.5 Å². The zero-order chi connectivity index (χ0) is 18.0. The molecule has 1 aromatic carbocycles. The molecule has 3 aromatic rings. The number of aromatic nitrogens is 1. The second-order valence-electron chi connectivity index (χ2n) is 5.13. The number of allylic oxidation sites excluding steroid dienone is 1. The Kier molecular flexibility index (Phi) is 4.19. The topological polar surface area (TPSA) is 59.0 Å². The number of para-hydroxylation sites is 1. The van der Waals surface area contributed by atoms with Crippen LogP contribution in [0.25, 0.3) is 22.6 Å². The van der Waals surface area contributed by atoms with Crippen LogP contribution in [0.3, 0.4) is 0 Å². The average molecular weight is 344 g/mol. The minimum atomic E-state index is -4.47. The predicted octanol–water partition coefficient (Wildman–Crippen LogP) is 4.92. The first-order valence-electron chi connectivity index (χ1n) is 7.14. The first-order valence-corrected chi connectivity index (χ1v) is 7.14. The van der Waals surface area contributed by atoms with Gasteiger partial charge < -0.3 is 9.15 Å². The fraction of sp³-hybridized carbons (Fsp3) is 0.111. The standard InChI is InChI=1S/C18H11F3N2O2/c1-24-16-4-2-3-11-7-14(25-17(11)16)8-12(9-22)15-6-5-13(10-23-15)18(19,20)21/h2-8,10H,1H3/b12-8-. The van der Waals surface area contributed by atoms with Gasteiger partial charge in [-0.3, -0.25) is 4.98 Å². The number of alkyl halides is 3. The molecule has 2 aromatic heterocycles. The number of benzene rings is 1. The number of rotatable bonds is 3. The van der Waals surface area contributed by atoms with E-state index in [-0.39, 0.29) is 11.3 Å². The summed E-state index contributed by atoms with van der Waals surface area (Å²) in [6, 6.07) is 11.0. The van der Waals surface area contributed by atoms with E-state index in [2.05, 4.69) is 4.98 Å². The van der Waals surface area contributed by atoms with Gasteiger partial charge in [0.15, 0.2) is 11.3 Å². The maximum Gasteiger partial charge on any atom is 0.417 e. The van der Waals surface area contributed by atoms with Gasteiger partial charge >= 0.3 is 6.18 Å². The normalized spacial score (nSPS) is 12.2. The van der Waals surface area contributed by atoms with E-state index >= 15 is 0 Å². The molecular formula is C18H11F3N2O2. The molecule has 0 unspecified atom stereocenters. The summed E-state index contributed by atoms with van der Waals surface area (Å²) in [7, 11) is 1.51. The monoisotopic (exact) mass is 344 g/mol. The van der Waals surface area contributed by atoms with E-state index in [0.29, 0.717) is 23.3 Å². The average Bonchev–Trinajstić information content (AvgIpc) is 3.01. The number of furan rings is 1. The van der Waals surface area contributed by atoms with Crippen molar-refractivity contribution in [3.05, 3.63) is 59.6 Å². The summed E-state index contributed by atoms with van der Waals surface area (Å²) in [6.07, 6.45) is -2.35. The fourth-order valence-corrected chi connectivity index (χ4v) is 2.31. The van der Waals surface area contributed by atoms with Crippen LogP contribution in [-0.4, -0.2) is 12.1 Å². The largest absolute Gasteiger partial charge is 0.493 e. The molecule has 25 heavy (non-hydrogen) atoms. The molecule has 0 aliphatic rings. The van der Waals surface area contributed by atoms with Gasteiger partial charge in [0.1, 0.15) is 11.8 Å². The van der Waals surface area contributed by atoms with E-state index in [9.17, 15) is 18.4 Å². The molecule has 0 bridgehead atoms. The van der Waals surface area contributed by atoms with E-state index in [4.69, 9.17) is 9.15 Å². The number of nitriles is 1. The predicted molar refractivity (Wildman–Crippen MR) is 85.5 cm³/mol. The number of ether oxygens (including phenoxy) is 1. The molecule has 0 saturated carbocycles. The van der Waals surface area contributed by atoms with Gasteiger partial charge in [-0.2, -0.15) is 18.4 Å². The molecular weight excluding hydrogens is 333 g/mol. The van der Waals surface area contributed by atoms with Crippen LogP contribution in [0, 0.1) is 11.3 Å². The quantitative estimate of drug-likeness (QED) is 0.633. The van der Waals surface area contributed by atoms with Gasteiger partial charge in [-0.05, 0) is 24.3 Å². The third-order valence-corrected chi connectivity index (χ3v) is 3.52. The number of halogens is 3. The van der Waals surface area contributed by atoms with Gasteiger partial charge in [0.2, 0.25) is 0 Å². The summed E-state index contributed by atoms with van der Waals surface area (Å²) in [5, 5.41) is 10.1. The van der Waals surface area contributed by atoms with Crippen molar-refractivity contribution >= 4 is 22.6 Å². The maximum absolute atomic E-state index is 12.6. The van der Waals surface area contributed by atoms with Crippen LogP contribution in [0.1, 0.15) is 17.0 Å². The third kappa shape index (κ3) is 3.33. The number of pyridine rings is 1. The van der Waals surface area contributed by atoms with Crippen molar-refractivity contribution in [1.29, 1.82) is 5.26 Å². The SMILES string of the molecule is COc1cccc2cc(/C=C(/C#N)c3ccc(C(F)(F)F)cn3)oc12. The first-order chi connectivity index (χ1) is 11.9. The molecule has 0 aliphatic carbocycles. The van der Waals surface area contributed by atoms with E-state index in [1.807, 2.05) is 12.1 Å². The van der Waals surface area contributed by atoms with Crippen LogP contribution >= 0.6 is 0 Å². The Morgan fingerprint density at radius 3 is 2.68 bits per heavy atom. The van der Waals surface area contributed by atoms with Crippen molar-refractivity contribution in [2.24, 2.45) is 0 Å². The van der Waals surface area contributed by atoms with Gasteiger partial charge in [-0.15, -0.1) is 0 Å². The minimum Gasteiger partial charge on any atom is -0.493 e. The van der Waals surface area contributed by atoms with Gasteiger partial charge in [-0.1, -0.05) is 12.1 Å². The second kappa shape index (κ2) is 6.32. The molecule has 126 valence electrons. The number of fused-ring (bicyclic) bond motifs is 1. The zero-order valence-corrected chi connectivity index (χ0v) is 13.0. The van der Waals surface area contributed by atoms with E-state index < -0.39 is 11.7 Å². The molecule has 0 fully saturated rings. The first kappa shape index (κ1) is 16.6. The molecule has 0 N–H and O–H groups in total. The molecule has 7 heteroatoms. The smallest absolute Gasteiger partial charge is 0.417 e. The molecule has 3 rings (SSSR count). The van der Waals surface area contributed by atoms with Gasteiger partial charge in [0.25, 0.3) is 0 Å². The summed E-state index contributed by atoms with van der Waals surface area (Å²) >= 11 is 0. The lowest BCUT2D eigenvalue weighted by Gasteiger charge is -2.06. The Morgan fingerprint density at radius 2 is 2.08 bits per heavy atom. The number of hydrogen-bond donors (Lipinski definition) is 0. The summed E-state index contributed by atoms with van der Waals surface area (Å²) < 4.78 is 48.6. The molecule has 0 spiro atoms. The fourth-order valence-electron chi connectivity index (χ4n) is 2.31. The lowest BCUT2D eigenvalue weighted by atomic mass is 10.1. The van der Waals surface area contributed by atoms with Crippen molar-refractivity contribution < 1.29 is 22.3 Å². The van der Waals surface area contributed by atoms with Gasteiger partial charge in [0, 0.05) is 17.7 Å². The minimum absolute atomic E-state index is 0.0896. The highest BCUT2D eigenvalue weighted by molar-refractivity contribution is 5.91. The van der Waals surface area contributed by atoms with Gasteiger partial charge in [0.05, 0.1) is 23.9 Å². The Balaban J connectivity index is 2.00. The highest BCUT2D eigenvalue weighted by Crippen LogP contribution is 2.31. The van der Waals surface area contributed by atoms with Crippen molar-refractivity contribution in [2.45, 2.75) is 6.18 Å². The molecule has 2 heterocycles. The van der Waals surface area contributed by atoms with Crippen molar-refractivity contribution in [2.75, 3.05) is 7.11 Å². The second-order valence-corrected chi connectivity index (χ2v) is 5.13. The van der Waals surface area contributed by atoms with Crippen molar-refractivity contribution in [3.63, 3.8) is 0 Å². The number of hydrogen-bond acceptors (Lipinski definition) is 4. The van der Waals surface area contributed by atoms with Gasteiger partial charge in [-0.25, -0.2) is 0 Å². The van der Waals surface area contributed by atoms with Crippen molar-refractivity contribution in [1.82, 2.24) is 4.98 Å². The summed E-state index contributed by atoms with van der Waals surface area (Å²) in [4.78, 5) is 3.72. The molecule has 0 atom stereocenters. The van der Waals surface area contributed by atoms with Crippen LogP contribution in [0.4, 0.5) is 13.2 Å².